The lowest BCUT2D eigenvalue weighted by molar-refractivity contribution is 0.311. The average molecular weight is 247 g/mol. The topological polar surface area (TPSA) is 39.1 Å². The van der Waals surface area contributed by atoms with Crippen molar-refractivity contribution < 1.29 is 4.39 Å². The van der Waals surface area contributed by atoms with Crippen LogP contribution in [0.4, 0.5) is 10.1 Å². The molecule has 1 aliphatic rings. The molecule has 0 radical (unpaired) electrons. The zero-order valence-corrected chi connectivity index (χ0v) is 10.8. The Hall–Kier alpha value is -1.60. The highest BCUT2D eigenvalue weighted by Gasteiger charge is 2.32. The Kier molecular flexibility index (Phi) is 3.53. The maximum Gasteiger partial charge on any atom is 0.125 e. The van der Waals surface area contributed by atoms with E-state index in [0.717, 1.165) is 18.8 Å². The first-order valence-corrected chi connectivity index (χ1v) is 6.16. The van der Waals surface area contributed by atoms with E-state index in [1.165, 1.54) is 12.1 Å². The highest BCUT2D eigenvalue weighted by molar-refractivity contribution is 5.49. The molecule has 1 aromatic rings. The molecule has 0 amide bonds. The summed E-state index contributed by atoms with van der Waals surface area (Å²) >= 11 is 0. The number of benzene rings is 1. The van der Waals surface area contributed by atoms with Crippen LogP contribution in [0.25, 0.3) is 0 Å². The maximum atomic E-state index is 13.3. The van der Waals surface area contributed by atoms with E-state index in [1.807, 2.05) is 6.07 Å². The second kappa shape index (κ2) is 4.95. The van der Waals surface area contributed by atoms with Crippen molar-refractivity contribution in [2.75, 3.05) is 18.0 Å². The molecule has 1 saturated heterocycles. The number of anilines is 1. The number of hydrogen-bond donors (Lipinski definition) is 1. The summed E-state index contributed by atoms with van der Waals surface area (Å²) in [7, 11) is 0. The van der Waals surface area contributed by atoms with Gasteiger partial charge in [0.1, 0.15) is 5.82 Å². The fraction of sp³-hybridized carbons (Fsp3) is 0.500. The minimum Gasteiger partial charge on any atom is -0.364 e. The molecule has 1 N–H and O–H groups in total. The van der Waals surface area contributed by atoms with Gasteiger partial charge in [0.25, 0.3) is 0 Å². The molecular formula is C14H18FN3. The van der Waals surface area contributed by atoms with Crippen LogP contribution in [0.2, 0.25) is 0 Å². The Morgan fingerprint density at radius 3 is 3.00 bits per heavy atom. The summed E-state index contributed by atoms with van der Waals surface area (Å²) in [4.78, 5) is 2.13. The molecule has 96 valence electrons. The maximum absolute atomic E-state index is 13.3. The number of halogens is 1. The van der Waals surface area contributed by atoms with Crippen LogP contribution < -0.4 is 10.2 Å². The molecule has 1 unspecified atom stereocenters. The summed E-state index contributed by atoms with van der Waals surface area (Å²) in [6.45, 7) is 5.74. The third-order valence-electron chi connectivity index (χ3n) is 3.29. The van der Waals surface area contributed by atoms with Gasteiger partial charge in [-0.2, -0.15) is 5.26 Å². The SMILES string of the molecule is CC1(C)CN(c2cccc(F)c2)C(CC#N)CN1. The Labute approximate surface area is 107 Å². The number of nitrogens with zero attached hydrogens (tertiary/aromatic N) is 2. The Balaban J connectivity index is 2.27. The van der Waals surface area contributed by atoms with E-state index in [2.05, 4.69) is 30.1 Å². The van der Waals surface area contributed by atoms with Gasteiger partial charge in [-0.1, -0.05) is 6.07 Å². The van der Waals surface area contributed by atoms with Crippen LogP contribution >= 0.6 is 0 Å². The quantitative estimate of drug-likeness (QED) is 0.871. The highest BCUT2D eigenvalue weighted by Crippen LogP contribution is 2.25. The second-order valence-electron chi connectivity index (χ2n) is 5.39. The zero-order chi connectivity index (χ0) is 13.2. The predicted molar refractivity (Wildman–Crippen MR) is 69.8 cm³/mol. The summed E-state index contributed by atoms with van der Waals surface area (Å²) in [5, 5.41) is 12.3. The van der Waals surface area contributed by atoms with Crippen molar-refractivity contribution in [1.82, 2.24) is 5.32 Å². The number of piperazine rings is 1. The molecule has 0 saturated carbocycles. The summed E-state index contributed by atoms with van der Waals surface area (Å²) in [5.74, 6) is -0.237. The molecule has 2 rings (SSSR count). The molecule has 0 aromatic heterocycles. The van der Waals surface area contributed by atoms with Gasteiger partial charge in [-0.15, -0.1) is 0 Å². The van der Waals surface area contributed by atoms with Gasteiger partial charge in [-0.3, -0.25) is 0 Å². The lowest BCUT2D eigenvalue weighted by atomic mass is 9.96. The monoisotopic (exact) mass is 247 g/mol. The van der Waals surface area contributed by atoms with Gasteiger partial charge in [0.2, 0.25) is 0 Å². The average Bonchev–Trinajstić information content (AvgIpc) is 2.31. The van der Waals surface area contributed by atoms with Crippen LogP contribution in [-0.2, 0) is 0 Å². The van der Waals surface area contributed by atoms with Gasteiger partial charge in [0.15, 0.2) is 0 Å². The van der Waals surface area contributed by atoms with Crippen LogP contribution in [0.15, 0.2) is 24.3 Å². The van der Waals surface area contributed by atoms with Gasteiger partial charge < -0.3 is 10.2 Å². The van der Waals surface area contributed by atoms with Gasteiger partial charge in [0, 0.05) is 24.3 Å². The summed E-state index contributed by atoms with van der Waals surface area (Å²) in [6, 6.07) is 8.89. The Morgan fingerprint density at radius 2 is 2.33 bits per heavy atom. The van der Waals surface area contributed by atoms with Crippen LogP contribution in [0, 0.1) is 17.1 Å². The van der Waals surface area contributed by atoms with E-state index in [-0.39, 0.29) is 17.4 Å². The van der Waals surface area contributed by atoms with Gasteiger partial charge in [0.05, 0.1) is 18.5 Å². The number of nitrogens with one attached hydrogen (secondary N) is 1. The second-order valence-corrected chi connectivity index (χ2v) is 5.39. The van der Waals surface area contributed by atoms with E-state index < -0.39 is 0 Å². The highest BCUT2D eigenvalue weighted by atomic mass is 19.1. The van der Waals surface area contributed by atoms with E-state index >= 15 is 0 Å². The van der Waals surface area contributed by atoms with E-state index in [9.17, 15) is 4.39 Å². The van der Waals surface area contributed by atoms with E-state index in [1.54, 1.807) is 6.07 Å². The van der Waals surface area contributed by atoms with E-state index in [0.29, 0.717) is 6.42 Å². The van der Waals surface area contributed by atoms with Crippen molar-refractivity contribution in [3.63, 3.8) is 0 Å². The third kappa shape index (κ3) is 2.80. The van der Waals surface area contributed by atoms with E-state index in [4.69, 9.17) is 5.26 Å². The van der Waals surface area contributed by atoms with Crippen molar-refractivity contribution in [2.24, 2.45) is 0 Å². The van der Waals surface area contributed by atoms with Crippen molar-refractivity contribution in [1.29, 1.82) is 5.26 Å². The van der Waals surface area contributed by atoms with Crippen molar-refractivity contribution in [3.8, 4) is 6.07 Å². The molecule has 1 heterocycles. The smallest absolute Gasteiger partial charge is 0.125 e. The Bertz CT molecular complexity index is 464. The van der Waals surface area contributed by atoms with Crippen LogP contribution in [-0.4, -0.2) is 24.7 Å². The van der Waals surface area contributed by atoms with Crippen molar-refractivity contribution in [2.45, 2.75) is 31.8 Å². The predicted octanol–water partition coefficient (Wildman–Crippen LogP) is 2.30. The summed E-state index contributed by atoms with van der Waals surface area (Å²) in [6.07, 6.45) is 0.444. The molecule has 3 nitrogen and oxygen atoms in total. The third-order valence-corrected chi connectivity index (χ3v) is 3.29. The van der Waals surface area contributed by atoms with Crippen LogP contribution in [0.3, 0.4) is 0 Å². The fourth-order valence-electron chi connectivity index (χ4n) is 2.36. The molecule has 1 fully saturated rings. The first-order valence-electron chi connectivity index (χ1n) is 6.16. The molecule has 0 spiro atoms. The lowest BCUT2D eigenvalue weighted by Gasteiger charge is -2.45. The molecule has 1 aromatic carbocycles. The molecule has 18 heavy (non-hydrogen) atoms. The number of hydrogen-bond acceptors (Lipinski definition) is 3. The fourth-order valence-corrected chi connectivity index (χ4v) is 2.36. The standard InChI is InChI=1S/C14H18FN3/c1-14(2)10-18(13(6-7-16)9-17-14)12-5-3-4-11(15)8-12/h3-5,8,13,17H,6,9-10H2,1-2H3. The van der Waals surface area contributed by atoms with Gasteiger partial charge in [-0.05, 0) is 32.0 Å². The molecule has 0 bridgehead atoms. The number of nitriles is 1. The molecular weight excluding hydrogens is 229 g/mol. The largest absolute Gasteiger partial charge is 0.364 e. The molecule has 1 aliphatic heterocycles. The zero-order valence-electron chi connectivity index (χ0n) is 10.8. The molecule has 0 aliphatic carbocycles. The summed E-state index contributed by atoms with van der Waals surface area (Å²) in [5.41, 5.74) is 0.822. The Morgan fingerprint density at radius 1 is 1.56 bits per heavy atom. The molecule has 4 heteroatoms. The number of rotatable bonds is 2. The first-order chi connectivity index (χ1) is 8.52. The molecule has 1 atom stereocenters. The minimum absolute atomic E-state index is 0.0295. The van der Waals surface area contributed by atoms with Crippen molar-refractivity contribution in [3.05, 3.63) is 30.1 Å². The normalized spacial score (nSPS) is 22.6. The lowest BCUT2D eigenvalue weighted by Crippen LogP contribution is -2.61. The van der Waals surface area contributed by atoms with Crippen LogP contribution in [0.5, 0.6) is 0 Å². The summed E-state index contributed by atoms with van der Waals surface area (Å²) < 4.78 is 13.3. The van der Waals surface area contributed by atoms with Gasteiger partial charge in [-0.25, -0.2) is 4.39 Å². The van der Waals surface area contributed by atoms with Gasteiger partial charge >= 0.3 is 0 Å². The first kappa shape index (κ1) is 12.8. The van der Waals surface area contributed by atoms with Crippen molar-refractivity contribution >= 4 is 5.69 Å². The van der Waals surface area contributed by atoms with Crippen LogP contribution in [0.1, 0.15) is 20.3 Å². The minimum atomic E-state index is -0.237.